The maximum atomic E-state index is 12.0. The lowest BCUT2D eigenvalue weighted by Gasteiger charge is -2.02. The number of hydrogen-bond acceptors (Lipinski definition) is 6. The van der Waals surface area contributed by atoms with Crippen LogP contribution in [0.3, 0.4) is 0 Å². The molecule has 0 spiro atoms. The van der Waals surface area contributed by atoms with Gasteiger partial charge in [0.2, 0.25) is 0 Å². The summed E-state index contributed by atoms with van der Waals surface area (Å²) in [7, 11) is 0. The fraction of sp³-hybridized carbons (Fsp3) is 0.0625. The molecule has 0 saturated heterocycles. The van der Waals surface area contributed by atoms with Gasteiger partial charge in [-0.3, -0.25) is 19.6 Å². The fourth-order valence-corrected chi connectivity index (χ4v) is 3.03. The van der Waals surface area contributed by atoms with Crippen molar-refractivity contribution in [1.82, 2.24) is 15.2 Å². The summed E-state index contributed by atoms with van der Waals surface area (Å²) in [5, 5.41) is 18.7. The topological polar surface area (TPSA) is 102 Å². The molecule has 0 saturated carbocycles. The third-order valence-electron chi connectivity index (χ3n) is 3.28. The van der Waals surface area contributed by atoms with Gasteiger partial charge in [-0.1, -0.05) is 39.4 Å². The number of halogens is 1. The van der Waals surface area contributed by atoms with Gasteiger partial charge in [-0.05, 0) is 29.8 Å². The second-order valence-electron chi connectivity index (χ2n) is 5.16. The van der Waals surface area contributed by atoms with Crippen LogP contribution >= 0.6 is 27.3 Å². The minimum atomic E-state index is -0.474. The highest BCUT2D eigenvalue weighted by molar-refractivity contribution is 9.10. The molecule has 0 bridgehead atoms. The molecule has 8 nitrogen and oxygen atoms in total. The molecule has 132 valence electrons. The van der Waals surface area contributed by atoms with Crippen molar-refractivity contribution in [1.29, 1.82) is 0 Å². The number of nitrogens with one attached hydrogen (secondary N) is 1. The quantitative estimate of drug-likeness (QED) is 0.365. The number of carbonyl (C=O) groups excluding carboxylic acids is 1. The molecule has 0 radical (unpaired) electrons. The summed E-state index contributed by atoms with van der Waals surface area (Å²) in [6.07, 6.45) is 3.07. The Morgan fingerprint density at radius 3 is 2.77 bits per heavy atom. The SMILES string of the molecule is O=C(N/N=C/c1ccc([N+](=O)[O-])s1)c1ccn(Cc2ccc(Br)cc2)n1. The van der Waals surface area contributed by atoms with Crippen LogP contribution in [-0.4, -0.2) is 26.8 Å². The Hall–Kier alpha value is -2.85. The summed E-state index contributed by atoms with van der Waals surface area (Å²) in [5.74, 6) is -0.457. The number of benzene rings is 1. The first-order chi connectivity index (χ1) is 12.5. The van der Waals surface area contributed by atoms with E-state index in [1.807, 2.05) is 24.3 Å². The van der Waals surface area contributed by atoms with Gasteiger partial charge in [0.05, 0.1) is 22.6 Å². The lowest BCUT2D eigenvalue weighted by atomic mass is 10.2. The molecule has 1 N–H and O–H groups in total. The summed E-state index contributed by atoms with van der Waals surface area (Å²) in [6.45, 7) is 0.544. The lowest BCUT2D eigenvalue weighted by molar-refractivity contribution is -0.380. The number of hydrazone groups is 1. The van der Waals surface area contributed by atoms with Crippen molar-refractivity contribution >= 4 is 44.4 Å². The molecule has 0 aliphatic carbocycles. The molecule has 1 amide bonds. The molecule has 2 heterocycles. The number of nitro groups is 1. The number of amides is 1. The highest BCUT2D eigenvalue weighted by Gasteiger charge is 2.10. The Labute approximate surface area is 160 Å². The van der Waals surface area contributed by atoms with Crippen LogP contribution in [0.15, 0.2) is 58.2 Å². The average Bonchev–Trinajstić information content (AvgIpc) is 3.26. The number of thiophene rings is 1. The number of hydrogen-bond donors (Lipinski definition) is 1. The van der Waals surface area contributed by atoms with Gasteiger partial charge in [0, 0.05) is 16.7 Å². The standard InChI is InChI=1S/C16H12BrN5O3S/c17-12-3-1-11(2-4-12)10-21-8-7-14(20-21)16(23)19-18-9-13-5-6-15(26-13)22(24)25/h1-9H,10H2,(H,19,23)/b18-9+. The van der Waals surface area contributed by atoms with Crippen LogP contribution < -0.4 is 5.43 Å². The molecule has 0 fully saturated rings. The summed E-state index contributed by atoms with van der Waals surface area (Å²) < 4.78 is 2.65. The molecule has 2 aromatic heterocycles. The Morgan fingerprint density at radius 2 is 2.08 bits per heavy atom. The Balaban J connectivity index is 1.58. The third kappa shape index (κ3) is 4.61. The number of nitrogens with zero attached hydrogens (tertiary/aromatic N) is 4. The molecule has 10 heteroatoms. The van der Waals surface area contributed by atoms with Gasteiger partial charge in [-0.2, -0.15) is 10.2 Å². The summed E-state index contributed by atoms with van der Waals surface area (Å²) in [5.41, 5.74) is 3.64. The zero-order chi connectivity index (χ0) is 18.5. The van der Waals surface area contributed by atoms with E-state index < -0.39 is 10.8 Å². The van der Waals surface area contributed by atoms with Gasteiger partial charge in [0.1, 0.15) is 0 Å². The molecule has 3 aromatic rings. The molecular formula is C16H12BrN5O3S. The monoisotopic (exact) mass is 433 g/mol. The van der Waals surface area contributed by atoms with Gasteiger partial charge in [-0.25, -0.2) is 5.43 Å². The highest BCUT2D eigenvalue weighted by atomic mass is 79.9. The minimum Gasteiger partial charge on any atom is -0.268 e. The van der Waals surface area contributed by atoms with E-state index in [0.29, 0.717) is 11.4 Å². The van der Waals surface area contributed by atoms with Crippen LogP contribution in [0.4, 0.5) is 5.00 Å². The number of carbonyl (C=O) groups is 1. The maximum Gasteiger partial charge on any atom is 0.324 e. The van der Waals surface area contributed by atoms with Crippen molar-refractivity contribution in [2.45, 2.75) is 6.54 Å². The molecule has 3 rings (SSSR count). The van der Waals surface area contributed by atoms with Crippen molar-refractivity contribution in [2.75, 3.05) is 0 Å². The number of rotatable bonds is 6. The average molecular weight is 434 g/mol. The molecule has 0 aliphatic rings. The first-order valence-electron chi connectivity index (χ1n) is 7.37. The largest absolute Gasteiger partial charge is 0.324 e. The van der Waals surface area contributed by atoms with E-state index in [-0.39, 0.29) is 10.7 Å². The maximum absolute atomic E-state index is 12.0. The van der Waals surface area contributed by atoms with Crippen LogP contribution in [0.5, 0.6) is 0 Å². The van der Waals surface area contributed by atoms with E-state index in [1.165, 1.54) is 12.3 Å². The zero-order valence-corrected chi connectivity index (χ0v) is 15.6. The first kappa shape index (κ1) is 18.0. The van der Waals surface area contributed by atoms with Gasteiger partial charge in [-0.15, -0.1) is 0 Å². The molecular weight excluding hydrogens is 422 g/mol. The van der Waals surface area contributed by atoms with Crippen LogP contribution in [0.1, 0.15) is 20.9 Å². The Kier molecular flexibility index (Phi) is 5.54. The molecule has 26 heavy (non-hydrogen) atoms. The number of aromatic nitrogens is 2. The van der Waals surface area contributed by atoms with Gasteiger partial charge in [0.15, 0.2) is 5.69 Å². The summed E-state index contributed by atoms with van der Waals surface area (Å²) in [6, 6.07) is 12.4. The third-order valence-corrected chi connectivity index (χ3v) is 4.78. The van der Waals surface area contributed by atoms with E-state index in [0.717, 1.165) is 21.4 Å². The van der Waals surface area contributed by atoms with Crippen molar-refractivity contribution in [3.05, 3.63) is 79.4 Å². The molecule has 0 aliphatic heterocycles. The van der Waals surface area contributed by atoms with Crippen LogP contribution in [-0.2, 0) is 6.54 Å². The van der Waals surface area contributed by atoms with Crippen LogP contribution in [0.25, 0.3) is 0 Å². The van der Waals surface area contributed by atoms with Crippen molar-refractivity contribution in [3.8, 4) is 0 Å². The van der Waals surface area contributed by atoms with Gasteiger partial charge >= 0.3 is 5.00 Å². The van der Waals surface area contributed by atoms with Crippen LogP contribution in [0.2, 0.25) is 0 Å². The Bertz CT molecular complexity index is 964. The van der Waals surface area contributed by atoms with Gasteiger partial charge in [0.25, 0.3) is 5.91 Å². The molecule has 0 atom stereocenters. The van der Waals surface area contributed by atoms with E-state index in [9.17, 15) is 14.9 Å². The summed E-state index contributed by atoms with van der Waals surface area (Å²) >= 11 is 4.35. The first-order valence-corrected chi connectivity index (χ1v) is 8.98. The van der Waals surface area contributed by atoms with Crippen molar-refractivity contribution < 1.29 is 9.72 Å². The van der Waals surface area contributed by atoms with Gasteiger partial charge < -0.3 is 0 Å². The molecule has 1 aromatic carbocycles. The predicted molar refractivity (Wildman–Crippen MR) is 102 cm³/mol. The highest BCUT2D eigenvalue weighted by Crippen LogP contribution is 2.22. The smallest absolute Gasteiger partial charge is 0.268 e. The minimum absolute atomic E-state index is 0.0180. The predicted octanol–water partition coefficient (Wildman–Crippen LogP) is 3.43. The van der Waals surface area contributed by atoms with E-state index in [2.05, 4.69) is 31.6 Å². The second-order valence-corrected chi connectivity index (χ2v) is 7.17. The van der Waals surface area contributed by atoms with Crippen molar-refractivity contribution in [2.24, 2.45) is 5.10 Å². The van der Waals surface area contributed by atoms with E-state index in [4.69, 9.17) is 0 Å². The lowest BCUT2D eigenvalue weighted by Crippen LogP contribution is -2.18. The van der Waals surface area contributed by atoms with E-state index >= 15 is 0 Å². The van der Waals surface area contributed by atoms with Crippen molar-refractivity contribution in [3.63, 3.8) is 0 Å². The Morgan fingerprint density at radius 1 is 1.31 bits per heavy atom. The summed E-state index contributed by atoms with van der Waals surface area (Å²) in [4.78, 5) is 22.8. The molecule has 0 unspecified atom stereocenters. The second kappa shape index (κ2) is 8.02. The van der Waals surface area contributed by atoms with E-state index in [1.54, 1.807) is 23.0 Å². The zero-order valence-electron chi connectivity index (χ0n) is 13.2. The van der Waals surface area contributed by atoms with Crippen LogP contribution in [0, 0.1) is 10.1 Å². The fourth-order valence-electron chi connectivity index (χ4n) is 2.07. The normalized spacial score (nSPS) is 11.0.